The van der Waals surface area contributed by atoms with Crippen molar-refractivity contribution in [2.75, 3.05) is 39.6 Å². The van der Waals surface area contributed by atoms with Gasteiger partial charge in [0.15, 0.2) is 0 Å². The van der Waals surface area contributed by atoms with E-state index in [1.807, 2.05) is 72.8 Å². The standard InChI is InChI=1S/C66H108N3O10P/c1-7-13-19-25-28-43-64(70)67-61(55-37-34-40-58(49-55)74-46-31-22-16-10-4)52-77-80(73,78-53-62(68-65(71)44-29-26-20-14-8-2)56-38-35-41-59(50-56)75-47-32-23-17-11-5)79-54-63(69-66(72)45-30-27-21-15-9-3)57-39-36-42-60(51-57)76-48-33-24-18-12-6/h34-42,49-51,61-63H,7-33,43-48,52-54H2,1-6H3,(H,67,70)(H,68,71)(H,69,72). The quantitative estimate of drug-likeness (QED) is 0.0367. The molecular weight excluding hydrogens is 1030 g/mol. The first-order chi connectivity index (χ1) is 39.1. The van der Waals surface area contributed by atoms with Gasteiger partial charge in [-0.25, -0.2) is 4.57 Å². The van der Waals surface area contributed by atoms with Crippen LogP contribution in [0.25, 0.3) is 0 Å². The van der Waals surface area contributed by atoms with Gasteiger partial charge in [0.05, 0.1) is 57.8 Å². The van der Waals surface area contributed by atoms with Crippen molar-refractivity contribution in [1.29, 1.82) is 0 Å². The maximum Gasteiger partial charge on any atom is 0.475 e. The zero-order valence-electron chi connectivity index (χ0n) is 50.6. The van der Waals surface area contributed by atoms with Crippen LogP contribution < -0.4 is 30.2 Å². The molecule has 3 amide bonds. The minimum atomic E-state index is -4.64. The van der Waals surface area contributed by atoms with Crippen molar-refractivity contribution in [1.82, 2.24) is 16.0 Å². The third-order valence-corrected chi connectivity index (χ3v) is 15.7. The molecule has 3 N–H and O–H groups in total. The fraction of sp³-hybridized carbons (Fsp3) is 0.682. The van der Waals surface area contributed by atoms with Crippen LogP contribution in [-0.4, -0.2) is 57.4 Å². The number of amides is 3. The van der Waals surface area contributed by atoms with Gasteiger partial charge >= 0.3 is 7.82 Å². The zero-order chi connectivity index (χ0) is 57.7. The Labute approximate surface area is 484 Å². The lowest BCUT2D eigenvalue weighted by Crippen LogP contribution is -2.33. The third-order valence-electron chi connectivity index (χ3n) is 14.3. The molecule has 0 aliphatic carbocycles. The van der Waals surface area contributed by atoms with Crippen LogP contribution in [0.3, 0.4) is 0 Å². The first-order valence-electron chi connectivity index (χ1n) is 31.7. The van der Waals surface area contributed by atoms with Crippen LogP contribution in [-0.2, 0) is 32.5 Å². The minimum Gasteiger partial charge on any atom is -0.494 e. The van der Waals surface area contributed by atoms with E-state index in [2.05, 4.69) is 57.5 Å². The van der Waals surface area contributed by atoms with Gasteiger partial charge in [-0.15, -0.1) is 0 Å². The predicted molar refractivity (Wildman–Crippen MR) is 326 cm³/mol. The van der Waals surface area contributed by atoms with Crippen molar-refractivity contribution in [2.24, 2.45) is 0 Å². The van der Waals surface area contributed by atoms with Gasteiger partial charge in [-0.2, -0.15) is 0 Å². The summed E-state index contributed by atoms with van der Waals surface area (Å²) in [6.07, 6.45) is 28.5. The second kappa shape index (κ2) is 45.1. The summed E-state index contributed by atoms with van der Waals surface area (Å²) < 4.78 is 53.7. The van der Waals surface area contributed by atoms with E-state index in [4.69, 9.17) is 27.8 Å². The second-order valence-electron chi connectivity index (χ2n) is 21.6. The largest absolute Gasteiger partial charge is 0.494 e. The van der Waals surface area contributed by atoms with Gasteiger partial charge in [-0.05, 0) is 91.6 Å². The lowest BCUT2D eigenvalue weighted by atomic mass is 10.1. The zero-order valence-corrected chi connectivity index (χ0v) is 51.5. The summed E-state index contributed by atoms with van der Waals surface area (Å²) in [6, 6.07) is 20.4. The Morgan fingerprint density at radius 1 is 0.362 bits per heavy atom. The average Bonchev–Trinajstić information content (AvgIpc) is 3.47. The van der Waals surface area contributed by atoms with Gasteiger partial charge in [0, 0.05) is 19.3 Å². The molecule has 0 saturated carbocycles. The Bertz CT molecular complexity index is 1890. The highest BCUT2D eigenvalue weighted by Crippen LogP contribution is 2.51. The number of nitrogens with one attached hydrogen (secondary N) is 3. The van der Waals surface area contributed by atoms with Gasteiger partial charge in [-0.3, -0.25) is 28.0 Å². The van der Waals surface area contributed by atoms with Gasteiger partial charge in [-0.1, -0.05) is 213 Å². The van der Waals surface area contributed by atoms with Gasteiger partial charge in [0.2, 0.25) is 17.7 Å². The lowest BCUT2D eigenvalue weighted by Gasteiger charge is -2.27. The number of carbonyl (C=O) groups excluding carboxylic acids is 3. The summed E-state index contributed by atoms with van der Waals surface area (Å²) in [4.78, 5) is 41.4. The van der Waals surface area contributed by atoms with E-state index in [0.29, 0.717) is 73.0 Å². The average molecular weight is 1130 g/mol. The number of ether oxygens (including phenoxy) is 3. The highest BCUT2D eigenvalue weighted by molar-refractivity contribution is 7.48. The second-order valence-corrected chi connectivity index (χ2v) is 23.3. The molecule has 80 heavy (non-hydrogen) atoms. The van der Waals surface area contributed by atoms with E-state index in [-0.39, 0.29) is 37.5 Å². The molecule has 0 aromatic heterocycles. The predicted octanol–water partition coefficient (Wildman–Crippen LogP) is 17.7. The molecule has 0 fully saturated rings. The molecular formula is C66H108N3O10P. The number of unbranched alkanes of at least 4 members (excludes halogenated alkanes) is 21. The highest BCUT2D eigenvalue weighted by atomic mass is 31.2. The van der Waals surface area contributed by atoms with Crippen LogP contribution in [0.1, 0.15) is 269 Å². The van der Waals surface area contributed by atoms with Crippen LogP contribution in [0.15, 0.2) is 72.8 Å². The Morgan fingerprint density at radius 3 is 0.875 bits per heavy atom. The maximum absolute atomic E-state index is 15.7. The minimum absolute atomic E-state index is 0.160. The number of benzene rings is 3. The molecule has 452 valence electrons. The van der Waals surface area contributed by atoms with Gasteiger partial charge < -0.3 is 30.2 Å². The fourth-order valence-electron chi connectivity index (χ4n) is 9.36. The normalized spacial score (nSPS) is 13.2. The number of phosphoric ester groups is 1. The Morgan fingerprint density at radius 2 is 0.613 bits per heavy atom. The smallest absolute Gasteiger partial charge is 0.475 e. The molecule has 0 aliphatic heterocycles. The first-order valence-corrected chi connectivity index (χ1v) is 33.1. The molecule has 0 saturated heterocycles. The summed E-state index contributed by atoms with van der Waals surface area (Å²) in [7, 11) is -4.64. The van der Waals surface area contributed by atoms with Crippen molar-refractivity contribution in [2.45, 2.75) is 252 Å². The number of hydrogen-bond donors (Lipinski definition) is 3. The molecule has 0 bridgehead atoms. The summed E-state index contributed by atoms with van der Waals surface area (Å²) in [5.74, 6) is 1.48. The molecule has 14 heteroatoms. The summed E-state index contributed by atoms with van der Waals surface area (Å²) in [6.45, 7) is 13.8. The summed E-state index contributed by atoms with van der Waals surface area (Å²) in [5.41, 5.74) is 2.11. The fourth-order valence-corrected chi connectivity index (χ4v) is 10.6. The van der Waals surface area contributed by atoms with E-state index in [0.717, 1.165) is 173 Å². The number of phosphoric acid groups is 1. The molecule has 3 unspecified atom stereocenters. The van der Waals surface area contributed by atoms with Crippen molar-refractivity contribution in [3.05, 3.63) is 89.5 Å². The first kappa shape index (κ1) is 69.8. The van der Waals surface area contributed by atoms with Crippen LogP contribution in [0.4, 0.5) is 0 Å². The van der Waals surface area contributed by atoms with E-state index in [9.17, 15) is 14.4 Å². The van der Waals surface area contributed by atoms with E-state index in [1.165, 1.54) is 0 Å². The van der Waals surface area contributed by atoms with Gasteiger partial charge in [0.25, 0.3) is 0 Å². The van der Waals surface area contributed by atoms with Crippen LogP contribution >= 0.6 is 7.82 Å². The molecule has 3 atom stereocenters. The number of carbonyl (C=O) groups is 3. The van der Waals surface area contributed by atoms with Crippen LogP contribution in [0.5, 0.6) is 17.2 Å². The van der Waals surface area contributed by atoms with Crippen molar-refractivity contribution < 1.29 is 46.7 Å². The Kier molecular flexibility index (Phi) is 39.4. The van der Waals surface area contributed by atoms with E-state index in [1.54, 1.807) is 0 Å². The molecule has 0 radical (unpaired) electrons. The number of rotatable bonds is 51. The third kappa shape index (κ3) is 32.3. The molecule has 3 rings (SSSR count). The van der Waals surface area contributed by atoms with Crippen molar-refractivity contribution in [3.63, 3.8) is 0 Å². The summed E-state index contributed by atoms with van der Waals surface area (Å²) in [5, 5.41) is 9.54. The molecule has 3 aromatic carbocycles. The monoisotopic (exact) mass is 1130 g/mol. The highest BCUT2D eigenvalue weighted by Gasteiger charge is 2.33. The van der Waals surface area contributed by atoms with E-state index >= 15 is 4.57 Å². The van der Waals surface area contributed by atoms with Crippen LogP contribution in [0.2, 0.25) is 0 Å². The Balaban J connectivity index is 2.09. The van der Waals surface area contributed by atoms with Crippen molar-refractivity contribution >= 4 is 25.5 Å². The SMILES string of the molecule is CCCCCCCC(=O)NC(COP(=O)(OCC(NC(=O)CCCCCCC)c1cccc(OCCCCCC)c1)OCC(NC(=O)CCCCCCC)c1cccc(OCCCCCC)c1)c1cccc(OCCCCCC)c1. The number of hydrogen-bond acceptors (Lipinski definition) is 10. The maximum atomic E-state index is 15.7. The molecule has 3 aromatic rings. The molecule has 0 heterocycles. The van der Waals surface area contributed by atoms with E-state index < -0.39 is 25.9 Å². The lowest BCUT2D eigenvalue weighted by molar-refractivity contribution is -0.123. The molecule has 13 nitrogen and oxygen atoms in total. The van der Waals surface area contributed by atoms with Crippen molar-refractivity contribution in [3.8, 4) is 17.2 Å². The van der Waals surface area contributed by atoms with Gasteiger partial charge in [0.1, 0.15) is 17.2 Å². The molecule has 0 aliphatic rings. The topological polar surface area (TPSA) is 160 Å². The summed E-state index contributed by atoms with van der Waals surface area (Å²) >= 11 is 0. The van der Waals surface area contributed by atoms with Crippen LogP contribution in [0, 0.1) is 0 Å². The Hall–Kier alpha value is -4.42. The molecule has 0 spiro atoms.